The van der Waals surface area contributed by atoms with E-state index in [1.807, 2.05) is 60.7 Å². The van der Waals surface area contributed by atoms with Crippen molar-refractivity contribution in [2.24, 2.45) is 0 Å². The molecule has 0 amide bonds. The second-order valence-electron chi connectivity index (χ2n) is 6.05. The Hall–Kier alpha value is -3.37. The minimum Gasteiger partial charge on any atom is -0.350 e. The minimum absolute atomic E-state index is 0.177. The molecule has 3 aromatic carbocycles. The lowest BCUT2D eigenvalue weighted by atomic mass is 9.90. The highest BCUT2D eigenvalue weighted by Gasteiger charge is 2.34. The zero-order chi connectivity index (χ0) is 18.8. The highest BCUT2D eigenvalue weighted by Crippen LogP contribution is 2.32. The van der Waals surface area contributed by atoms with E-state index in [0.29, 0.717) is 16.9 Å². The van der Waals surface area contributed by atoms with E-state index in [4.69, 9.17) is 11.6 Å². The highest BCUT2D eigenvalue weighted by atomic mass is 35.5. The van der Waals surface area contributed by atoms with Crippen LogP contribution in [-0.2, 0) is 0 Å². The van der Waals surface area contributed by atoms with Gasteiger partial charge in [0.25, 0.3) is 0 Å². The summed E-state index contributed by atoms with van der Waals surface area (Å²) in [6, 6.07) is 23.4. The molecule has 0 saturated carbocycles. The topological polar surface area (TPSA) is 58.2 Å². The molecule has 0 spiro atoms. The van der Waals surface area contributed by atoms with Crippen LogP contribution in [0, 0.1) is 0 Å². The molecule has 0 radical (unpaired) electrons. The van der Waals surface area contributed by atoms with Crippen molar-refractivity contribution in [3.8, 4) is 0 Å². The van der Waals surface area contributed by atoms with E-state index in [9.17, 15) is 9.59 Å². The van der Waals surface area contributed by atoms with Crippen molar-refractivity contribution >= 4 is 34.5 Å². The predicted octanol–water partition coefficient (Wildman–Crippen LogP) is 5.15. The van der Waals surface area contributed by atoms with Gasteiger partial charge in [-0.2, -0.15) is 0 Å². The van der Waals surface area contributed by atoms with Crippen LogP contribution in [0.5, 0.6) is 0 Å². The number of para-hydroxylation sites is 2. The molecule has 2 N–H and O–H groups in total. The molecule has 0 atom stereocenters. The van der Waals surface area contributed by atoms with Gasteiger partial charge in [-0.05, 0) is 30.3 Å². The molecule has 5 heteroatoms. The molecular formula is C22H15ClN2O2. The number of carbonyl (C=O) groups is 2. The second kappa shape index (κ2) is 7.09. The molecule has 4 rings (SSSR count). The van der Waals surface area contributed by atoms with Gasteiger partial charge in [-0.25, -0.2) is 0 Å². The molecule has 0 aliphatic heterocycles. The van der Waals surface area contributed by atoms with Gasteiger partial charge in [0.2, 0.25) is 11.6 Å². The Balaban J connectivity index is 1.85. The van der Waals surface area contributed by atoms with Gasteiger partial charge < -0.3 is 10.6 Å². The number of benzene rings is 3. The fraction of sp³-hybridized carbons (Fsp3) is 0. The summed E-state index contributed by atoms with van der Waals surface area (Å²) in [6.45, 7) is 0. The number of hydrogen-bond acceptors (Lipinski definition) is 4. The summed E-state index contributed by atoms with van der Waals surface area (Å²) < 4.78 is 0. The lowest BCUT2D eigenvalue weighted by Crippen LogP contribution is -2.29. The standard InChI is InChI=1S/C22H15ClN2O2/c23-17-13-7-12-16-18(17)22(27)20(25-15-10-5-2-6-11-15)19(21(16)26)24-14-8-3-1-4-9-14/h1-13,24-25H. The third kappa shape index (κ3) is 3.23. The van der Waals surface area contributed by atoms with Gasteiger partial charge in [0, 0.05) is 16.9 Å². The maximum absolute atomic E-state index is 13.2. The van der Waals surface area contributed by atoms with E-state index < -0.39 is 0 Å². The monoisotopic (exact) mass is 374 g/mol. The first-order chi connectivity index (χ1) is 13.1. The molecule has 0 aromatic heterocycles. The van der Waals surface area contributed by atoms with Crippen molar-refractivity contribution < 1.29 is 9.59 Å². The van der Waals surface area contributed by atoms with Gasteiger partial charge in [0.05, 0.1) is 10.6 Å². The molecule has 3 aromatic rings. The average molecular weight is 375 g/mol. The Morgan fingerprint density at radius 3 is 1.67 bits per heavy atom. The number of hydrogen-bond donors (Lipinski definition) is 2. The first kappa shape index (κ1) is 17.1. The van der Waals surface area contributed by atoms with Crippen molar-refractivity contribution in [2.75, 3.05) is 10.6 Å². The summed E-state index contributed by atoms with van der Waals surface area (Å²) in [5.74, 6) is -0.605. The lowest BCUT2D eigenvalue weighted by molar-refractivity contribution is 0.0977. The molecule has 27 heavy (non-hydrogen) atoms. The smallest absolute Gasteiger partial charge is 0.213 e. The largest absolute Gasteiger partial charge is 0.350 e. The normalized spacial score (nSPS) is 13.4. The molecule has 0 saturated heterocycles. The van der Waals surface area contributed by atoms with Crippen LogP contribution in [0.3, 0.4) is 0 Å². The van der Waals surface area contributed by atoms with Gasteiger partial charge in [0.15, 0.2) is 0 Å². The van der Waals surface area contributed by atoms with Crippen LogP contribution in [-0.4, -0.2) is 11.6 Å². The number of anilines is 2. The summed E-state index contributed by atoms with van der Waals surface area (Å²) >= 11 is 6.23. The minimum atomic E-state index is -0.322. The van der Waals surface area contributed by atoms with Crippen LogP contribution in [0.15, 0.2) is 90.3 Å². The fourth-order valence-electron chi connectivity index (χ4n) is 3.00. The molecule has 0 fully saturated rings. The summed E-state index contributed by atoms with van der Waals surface area (Å²) in [7, 11) is 0. The summed E-state index contributed by atoms with van der Waals surface area (Å²) in [6.07, 6.45) is 0. The van der Waals surface area contributed by atoms with Crippen molar-refractivity contribution in [2.45, 2.75) is 0 Å². The molecule has 0 bridgehead atoms. The van der Waals surface area contributed by atoms with Gasteiger partial charge in [-0.3, -0.25) is 9.59 Å². The first-order valence-electron chi connectivity index (χ1n) is 8.41. The van der Waals surface area contributed by atoms with Gasteiger partial charge >= 0.3 is 0 Å². The third-order valence-corrected chi connectivity index (χ3v) is 4.59. The maximum Gasteiger partial charge on any atom is 0.213 e. The fourth-order valence-corrected chi connectivity index (χ4v) is 3.26. The van der Waals surface area contributed by atoms with Gasteiger partial charge in [-0.15, -0.1) is 0 Å². The van der Waals surface area contributed by atoms with Crippen LogP contribution in [0.25, 0.3) is 0 Å². The Kier molecular flexibility index (Phi) is 4.48. The van der Waals surface area contributed by atoms with Crippen LogP contribution in [0.2, 0.25) is 5.02 Å². The summed E-state index contributed by atoms with van der Waals surface area (Å²) in [4.78, 5) is 26.3. The molecule has 4 nitrogen and oxygen atoms in total. The van der Waals surface area contributed by atoms with E-state index in [1.54, 1.807) is 18.2 Å². The van der Waals surface area contributed by atoms with E-state index in [0.717, 1.165) is 0 Å². The molecule has 0 unspecified atom stereocenters. The van der Waals surface area contributed by atoms with Crippen molar-refractivity contribution in [3.05, 3.63) is 106 Å². The summed E-state index contributed by atoms with van der Waals surface area (Å²) in [5.41, 5.74) is 2.31. The van der Waals surface area contributed by atoms with Gasteiger partial charge in [0.1, 0.15) is 11.4 Å². The average Bonchev–Trinajstić information content (AvgIpc) is 2.70. The predicted molar refractivity (Wildman–Crippen MR) is 107 cm³/mol. The Morgan fingerprint density at radius 2 is 1.11 bits per heavy atom. The number of fused-ring (bicyclic) bond motifs is 1. The van der Waals surface area contributed by atoms with Crippen LogP contribution >= 0.6 is 11.6 Å². The van der Waals surface area contributed by atoms with Crippen LogP contribution in [0.4, 0.5) is 11.4 Å². The van der Waals surface area contributed by atoms with Crippen molar-refractivity contribution in [1.29, 1.82) is 0 Å². The molecule has 1 aliphatic carbocycles. The molecular weight excluding hydrogens is 360 g/mol. The first-order valence-corrected chi connectivity index (χ1v) is 8.79. The Labute approximate surface area is 161 Å². The number of rotatable bonds is 4. The van der Waals surface area contributed by atoms with Crippen LogP contribution < -0.4 is 10.6 Å². The number of ketones is 2. The lowest BCUT2D eigenvalue weighted by Gasteiger charge is -2.23. The van der Waals surface area contributed by atoms with E-state index in [-0.39, 0.29) is 33.5 Å². The zero-order valence-electron chi connectivity index (χ0n) is 14.2. The zero-order valence-corrected chi connectivity index (χ0v) is 15.0. The highest BCUT2D eigenvalue weighted by molar-refractivity contribution is 6.39. The number of allylic oxidation sites excluding steroid dienone is 2. The van der Waals surface area contributed by atoms with Crippen molar-refractivity contribution in [1.82, 2.24) is 0 Å². The van der Waals surface area contributed by atoms with E-state index >= 15 is 0 Å². The Bertz CT molecular complexity index is 1060. The van der Waals surface area contributed by atoms with Crippen molar-refractivity contribution in [3.63, 3.8) is 0 Å². The number of nitrogens with one attached hydrogen (secondary N) is 2. The Morgan fingerprint density at radius 1 is 0.593 bits per heavy atom. The van der Waals surface area contributed by atoms with E-state index in [2.05, 4.69) is 10.6 Å². The number of Topliss-reactive ketones (excluding diaryl/α,β-unsaturated/α-hetero) is 2. The molecule has 132 valence electrons. The third-order valence-electron chi connectivity index (χ3n) is 4.28. The number of carbonyl (C=O) groups excluding carboxylic acids is 2. The SMILES string of the molecule is O=C1C(Nc2ccccc2)=C(Nc2ccccc2)C(=O)c2c(Cl)cccc21. The summed E-state index contributed by atoms with van der Waals surface area (Å²) in [5, 5.41) is 6.44. The second-order valence-corrected chi connectivity index (χ2v) is 6.46. The van der Waals surface area contributed by atoms with Crippen LogP contribution in [0.1, 0.15) is 20.7 Å². The molecule has 1 aliphatic rings. The quantitative estimate of drug-likeness (QED) is 0.662. The number of halogens is 1. The molecule has 0 heterocycles. The van der Waals surface area contributed by atoms with Gasteiger partial charge in [-0.1, -0.05) is 60.1 Å². The van der Waals surface area contributed by atoms with E-state index in [1.165, 1.54) is 0 Å². The maximum atomic E-state index is 13.2.